The quantitative estimate of drug-likeness (QED) is 0.741. The topological polar surface area (TPSA) is 107 Å². The Labute approximate surface area is 173 Å². The Bertz CT molecular complexity index is 1080. The monoisotopic (exact) mass is 407 g/mol. The maximum Gasteiger partial charge on any atom is 0.281 e. The minimum absolute atomic E-state index is 0.100. The van der Waals surface area contributed by atoms with E-state index in [-0.39, 0.29) is 24.0 Å². The molecule has 30 heavy (non-hydrogen) atoms. The number of carbonyl (C=O) groups is 2. The van der Waals surface area contributed by atoms with Crippen molar-refractivity contribution in [1.29, 1.82) is 0 Å². The first-order chi connectivity index (χ1) is 14.4. The molecule has 1 fully saturated rings. The van der Waals surface area contributed by atoms with Gasteiger partial charge in [-0.3, -0.25) is 9.59 Å². The first-order valence-corrected chi connectivity index (χ1v) is 9.49. The molecule has 0 saturated heterocycles. The molecule has 0 bridgehead atoms. The summed E-state index contributed by atoms with van der Waals surface area (Å²) in [6, 6.07) is 8.71. The summed E-state index contributed by atoms with van der Waals surface area (Å²) in [5, 5.41) is 7.28. The van der Waals surface area contributed by atoms with Gasteiger partial charge >= 0.3 is 0 Å². The molecule has 0 spiro atoms. The van der Waals surface area contributed by atoms with Crippen molar-refractivity contribution in [3.05, 3.63) is 48.2 Å². The van der Waals surface area contributed by atoms with E-state index in [0.717, 1.165) is 18.5 Å². The highest BCUT2D eigenvalue weighted by molar-refractivity contribution is 6.27. The molecule has 1 N–H and O–H groups in total. The number of hydrogen-bond donors (Lipinski definition) is 1. The highest BCUT2D eigenvalue weighted by atomic mass is 16.5. The lowest BCUT2D eigenvalue weighted by Gasteiger charge is -2.13. The van der Waals surface area contributed by atoms with Gasteiger partial charge in [-0.1, -0.05) is 6.58 Å². The molecule has 2 aromatic rings. The van der Waals surface area contributed by atoms with Gasteiger partial charge in [0.05, 0.1) is 24.1 Å². The van der Waals surface area contributed by atoms with Crippen LogP contribution in [0.2, 0.25) is 0 Å². The van der Waals surface area contributed by atoms with Gasteiger partial charge in [-0.25, -0.2) is 4.99 Å². The molecule has 9 heteroatoms. The number of nitrogens with zero attached hydrogens (tertiary/aromatic N) is 4. The van der Waals surface area contributed by atoms with E-state index in [2.05, 4.69) is 27.0 Å². The fourth-order valence-corrected chi connectivity index (χ4v) is 2.87. The van der Waals surface area contributed by atoms with Crippen LogP contribution < -0.4 is 14.8 Å². The van der Waals surface area contributed by atoms with E-state index in [4.69, 9.17) is 9.47 Å². The fraction of sp³-hybridized carbons (Fsp3) is 0.286. The summed E-state index contributed by atoms with van der Waals surface area (Å²) >= 11 is 0. The summed E-state index contributed by atoms with van der Waals surface area (Å²) in [7, 11) is 1.58. The van der Waals surface area contributed by atoms with Crippen LogP contribution in [-0.2, 0) is 9.59 Å². The molecule has 1 aliphatic carbocycles. The predicted molar refractivity (Wildman–Crippen MR) is 111 cm³/mol. The third kappa shape index (κ3) is 4.14. The minimum Gasteiger partial charge on any atom is -0.497 e. The van der Waals surface area contributed by atoms with Crippen molar-refractivity contribution in [3.63, 3.8) is 0 Å². The Morgan fingerprint density at radius 1 is 1.23 bits per heavy atom. The number of anilines is 1. The number of rotatable bonds is 6. The standard InChI is InChI=1S/C21H21N5O4/c1-12-13(2)22-21(24-20(12)28)26-18(10-17(25-26)14-4-5-14)23-19(27)11-30-16-8-6-15(29-3)7-9-16/h6-10,14H,1,4-5,11H2,2-3H3,(H,23,27). The van der Waals surface area contributed by atoms with Crippen LogP contribution in [0.15, 0.2) is 52.5 Å². The summed E-state index contributed by atoms with van der Waals surface area (Å²) in [5.41, 5.74) is 1.54. The molecule has 2 heterocycles. The largest absolute Gasteiger partial charge is 0.497 e. The van der Waals surface area contributed by atoms with Gasteiger partial charge in [-0.15, -0.1) is 0 Å². The number of benzene rings is 1. The van der Waals surface area contributed by atoms with E-state index in [1.807, 2.05) is 0 Å². The van der Waals surface area contributed by atoms with Crippen LogP contribution >= 0.6 is 0 Å². The van der Waals surface area contributed by atoms with Crippen molar-refractivity contribution in [2.24, 2.45) is 9.98 Å². The van der Waals surface area contributed by atoms with Crippen molar-refractivity contribution < 1.29 is 19.1 Å². The second-order valence-corrected chi connectivity index (χ2v) is 7.05. The number of hydrogen-bond acceptors (Lipinski definition) is 6. The number of aromatic nitrogens is 2. The Morgan fingerprint density at radius 2 is 1.93 bits per heavy atom. The Morgan fingerprint density at radius 3 is 2.57 bits per heavy atom. The normalized spacial score (nSPS) is 16.1. The van der Waals surface area contributed by atoms with Gasteiger partial charge in [0.2, 0.25) is 0 Å². The van der Waals surface area contributed by atoms with Crippen LogP contribution in [0, 0.1) is 0 Å². The van der Waals surface area contributed by atoms with Gasteiger partial charge in [0.1, 0.15) is 17.3 Å². The first-order valence-electron chi connectivity index (χ1n) is 9.49. The summed E-state index contributed by atoms with van der Waals surface area (Å²) in [6.45, 7) is 5.16. The SMILES string of the molecule is C=C1C(=O)N=C(n2nc(C3CC3)cc2NC(=O)COc2ccc(OC)cc2)N=C1C. The molecule has 1 aromatic carbocycles. The van der Waals surface area contributed by atoms with E-state index in [1.165, 1.54) is 4.68 Å². The lowest BCUT2D eigenvalue weighted by Crippen LogP contribution is -2.27. The van der Waals surface area contributed by atoms with Crippen molar-refractivity contribution >= 4 is 29.3 Å². The maximum absolute atomic E-state index is 12.5. The highest BCUT2D eigenvalue weighted by Gasteiger charge is 2.29. The van der Waals surface area contributed by atoms with Crippen LogP contribution in [0.3, 0.4) is 0 Å². The molecule has 154 valence electrons. The summed E-state index contributed by atoms with van der Waals surface area (Å²) in [4.78, 5) is 32.8. The van der Waals surface area contributed by atoms with E-state index < -0.39 is 5.91 Å². The van der Waals surface area contributed by atoms with Crippen molar-refractivity contribution in [2.45, 2.75) is 25.7 Å². The van der Waals surface area contributed by atoms with Crippen LogP contribution in [-0.4, -0.2) is 47.0 Å². The molecule has 0 radical (unpaired) electrons. The van der Waals surface area contributed by atoms with E-state index in [9.17, 15) is 9.59 Å². The molecule has 1 aromatic heterocycles. The molecule has 1 aliphatic heterocycles. The van der Waals surface area contributed by atoms with Crippen LogP contribution in [0.25, 0.3) is 0 Å². The maximum atomic E-state index is 12.5. The van der Waals surface area contributed by atoms with Gasteiger partial charge in [0.15, 0.2) is 6.61 Å². The molecule has 0 atom stereocenters. The average molecular weight is 407 g/mol. The van der Waals surface area contributed by atoms with E-state index in [0.29, 0.717) is 28.9 Å². The van der Waals surface area contributed by atoms with Gasteiger partial charge in [-0.05, 0) is 44.0 Å². The first kappa shape index (κ1) is 19.6. The number of ether oxygens (including phenoxy) is 2. The van der Waals surface area contributed by atoms with Crippen molar-refractivity contribution in [3.8, 4) is 11.5 Å². The van der Waals surface area contributed by atoms with Crippen molar-refractivity contribution in [2.75, 3.05) is 19.0 Å². The third-order valence-corrected chi connectivity index (χ3v) is 4.77. The van der Waals surface area contributed by atoms with Crippen LogP contribution in [0.4, 0.5) is 5.82 Å². The lowest BCUT2D eigenvalue weighted by atomic mass is 10.2. The summed E-state index contributed by atoms with van der Waals surface area (Å²) in [5.74, 6) is 1.23. The van der Waals surface area contributed by atoms with E-state index in [1.54, 1.807) is 44.4 Å². The zero-order valence-corrected chi connectivity index (χ0v) is 16.7. The van der Waals surface area contributed by atoms with Crippen molar-refractivity contribution in [1.82, 2.24) is 9.78 Å². The number of aliphatic imine (C=N–C) groups is 2. The molecular weight excluding hydrogens is 386 g/mol. The Balaban J connectivity index is 1.50. The molecule has 0 unspecified atom stereocenters. The van der Waals surface area contributed by atoms with Crippen LogP contribution in [0.1, 0.15) is 31.4 Å². The predicted octanol–water partition coefficient (Wildman–Crippen LogP) is 2.55. The third-order valence-electron chi connectivity index (χ3n) is 4.77. The Hall–Kier alpha value is -3.75. The molecule has 9 nitrogen and oxygen atoms in total. The van der Waals surface area contributed by atoms with Gasteiger partial charge < -0.3 is 14.8 Å². The zero-order valence-electron chi connectivity index (χ0n) is 16.7. The number of methoxy groups -OCH3 is 1. The van der Waals surface area contributed by atoms with Gasteiger partial charge in [0.25, 0.3) is 17.8 Å². The summed E-state index contributed by atoms with van der Waals surface area (Å²) < 4.78 is 12.0. The second-order valence-electron chi connectivity index (χ2n) is 7.05. The van der Waals surface area contributed by atoms with Crippen LogP contribution in [0.5, 0.6) is 11.5 Å². The fourth-order valence-electron chi connectivity index (χ4n) is 2.87. The molecule has 2 aliphatic rings. The highest BCUT2D eigenvalue weighted by Crippen LogP contribution is 2.40. The minimum atomic E-state index is -0.471. The molecule has 2 amide bonds. The molecule has 1 saturated carbocycles. The summed E-state index contributed by atoms with van der Waals surface area (Å²) in [6.07, 6.45) is 2.07. The Kier molecular flexibility index (Phi) is 5.18. The number of carbonyl (C=O) groups excluding carboxylic acids is 2. The van der Waals surface area contributed by atoms with Gasteiger partial charge in [0, 0.05) is 12.0 Å². The lowest BCUT2D eigenvalue weighted by molar-refractivity contribution is -0.118. The smallest absolute Gasteiger partial charge is 0.281 e. The van der Waals surface area contributed by atoms with E-state index >= 15 is 0 Å². The number of amides is 2. The van der Waals surface area contributed by atoms with Gasteiger partial charge in [-0.2, -0.15) is 14.8 Å². The molecule has 4 rings (SSSR count). The molecular formula is C21H21N5O4. The zero-order chi connectivity index (χ0) is 21.3. The second kappa shape index (κ2) is 7.94. The average Bonchev–Trinajstić information content (AvgIpc) is 3.51. The number of nitrogens with one attached hydrogen (secondary N) is 1.